The van der Waals surface area contributed by atoms with Crippen molar-refractivity contribution in [3.63, 3.8) is 0 Å². The Labute approximate surface area is 215 Å². The van der Waals surface area contributed by atoms with E-state index in [-0.39, 0.29) is 18.4 Å². The smallest absolute Gasteiger partial charge is 0.261 e. The molecular formula is C29H28N4O2S. The number of benzene rings is 2. The third kappa shape index (κ3) is 4.69. The average Bonchev–Trinajstić information content (AvgIpc) is 3.44. The first kappa shape index (κ1) is 24.0. The van der Waals surface area contributed by atoms with E-state index in [1.54, 1.807) is 24.3 Å². The zero-order chi connectivity index (χ0) is 25.2. The Bertz CT molecular complexity index is 1360. The van der Waals surface area contributed by atoms with E-state index < -0.39 is 0 Å². The summed E-state index contributed by atoms with van der Waals surface area (Å²) >= 11 is 1.41. The maximum Gasteiger partial charge on any atom is 0.261 e. The first-order valence-electron chi connectivity index (χ1n) is 12.3. The van der Waals surface area contributed by atoms with Crippen molar-refractivity contribution in [3.8, 4) is 6.07 Å². The molecule has 0 fully saturated rings. The normalized spacial score (nSPS) is 15.3. The summed E-state index contributed by atoms with van der Waals surface area (Å²) < 4.78 is 0. The quantitative estimate of drug-likeness (QED) is 0.321. The van der Waals surface area contributed by atoms with Gasteiger partial charge in [-0.2, -0.15) is 5.26 Å². The van der Waals surface area contributed by atoms with Crippen LogP contribution in [0, 0.1) is 17.2 Å². The minimum absolute atomic E-state index is 0.261. The monoisotopic (exact) mass is 496 g/mol. The van der Waals surface area contributed by atoms with Gasteiger partial charge in [0.05, 0.1) is 22.4 Å². The van der Waals surface area contributed by atoms with Gasteiger partial charge in [0.15, 0.2) is 0 Å². The van der Waals surface area contributed by atoms with Gasteiger partial charge < -0.3 is 4.90 Å². The maximum atomic E-state index is 12.6. The molecule has 36 heavy (non-hydrogen) atoms. The molecule has 3 heterocycles. The van der Waals surface area contributed by atoms with E-state index in [0.29, 0.717) is 34.0 Å². The molecular weight excluding hydrogens is 468 g/mol. The molecule has 6 nitrogen and oxygen atoms in total. The van der Waals surface area contributed by atoms with Crippen LogP contribution in [-0.2, 0) is 12.8 Å². The molecule has 5 rings (SSSR count). The van der Waals surface area contributed by atoms with Gasteiger partial charge in [-0.1, -0.05) is 32.0 Å². The highest BCUT2D eigenvalue weighted by molar-refractivity contribution is 7.11. The van der Waals surface area contributed by atoms with E-state index in [1.165, 1.54) is 27.5 Å². The Balaban J connectivity index is 1.29. The van der Waals surface area contributed by atoms with Gasteiger partial charge in [-0.25, -0.2) is 4.98 Å². The van der Waals surface area contributed by atoms with E-state index in [1.807, 2.05) is 11.5 Å². The third-order valence-electron chi connectivity index (χ3n) is 6.59. The summed E-state index contributed by atoms with van der Waals surface area (Å²) in [7, 11) is 0. The summed E-state index contributed by atoms with van der Waals surface area (Å²) in [6, 6.07) is 15.6. The average molecular weight is 497 g/mol. The molecule has 0 N–H and O–H groups in total. The zero-order valence-electron chi connectivity index (χ0n) is 20.5. The fourth-order valence-electron chi connectivity index (χ4n) is 4.94. The minimum atomic E-state index is -0.261. The van der Waals surface area contributed by atoms with Crippen LogP contribution >= 0.6 is 11.3 Å². The Morgan fingerprint density at radius 3 is 2.61 bits per heavy atom. The number of hydrogen-bond donors (Lipinski definition) is 0. The minimum Gasteiger partial charge on any atom is -0.371 e. The Morgan fingerprint density at radius 1 is 1.17 bits per heavy atom. The molecule has 0 bridgehead atoms. The van der Waals surface area contributed by atoms with Crippen molar-refractivity contribution in [2.45, 2.75) is 33.1 Å². The number of fused-ring (bicyclic) bond motifs is 2. The van der Waals surface area contributed by atoms with Crippen molar-refractivity contribution in [1.82, 2.24) is 9.88 Å². The number of aromatic nitrogens is 1. The summed E-state index contributed by atoms with van der Waals surface area (Å²) in [5.74, 6) is 0.0860. The van der Waals surface area contributed by atoms with Crippen LogP contribution in [0.4, 0.5) is 5.69 Å². The van der Waals surface area contributed by atoms with Crippen molar-refractivity contribution in [2.75, 3.05) is 24.5 Å². The molecule has 0 saturated heterocycles. The molecule has 2 aromatic carbocycles. The lowest BCUT2D eigenvalue weighted by atomic mass is 9.97. The molecule has 0 radical (unpaired) electrons. The molecule has 2 amide bonds. The van der Waals surface area contributed by atoms with E-state index in [9.17, 15) is 14.9 Å². The van der Waals surface area contributed by atoms with Gasteiger partial charge in [-0.3, -0.25) is 14.5 Å². The molecule has 182 valence electrons. The number of imide groups is 1. The second-order valence-electron chi connectivity index (χ2n) is 9.70. The lowest BCUT2D eigenvalue weighted by molar-refractivity contribution is 0.0656. The van der Waals surface area contributed by atoms with Gasteiger partial charge in [0.1, 0.15) is 11.1 Å². The molecule has 7 heteroatoms. The highest BCUT2D eigenvalue weighted by atomic mass is 32.1. The Kier molecular flexibility index (Phi) is 6.71. The van der Waals surface area contributed by atoms with Crippen LogP contribution in [0.15, 0.2) is 47.8 Å². The molecule has 3 aromatic rings. The Hall–Kier alpha value is -3.76. The first-order chi connectivity index (χ1) is 17.4. The number of nitrogens with zero attached hydrogens (tertiary/aromatic N) is 4. The van der Waals surface area contributed by atoms with Crippen molar-refractivity contribution in [3.05, 3.63) is 80.8 Å². The van der Waals surface area contributed by atoms with Crippen LogP contribution in [0.25, 0.3) is 11.6 Å². The first-order valence-corrected chi connectivity index (χ1v) is 13.2. The van der Waals surface area contributed by atoms with Gasteiger partial charge in [0.2, 0.25) is 0 Å². The van der Waals surface area contributed by atoms with E-state index in [0.717, 1.165) is 37.2 Å². The predicted molar refractivity (Wildman–Crippen MR) is 143 cm³/mol. The van der Waals surface area contributed by atoms with Crippen LogP contribution < -0.4 is 4.90 Å². The number of allylic oxidation sites excluding steroid dienone is 1. The molecule has 0 saturated carbocycles. The third-order valence-corrected chi connectivity index (χ3v) is 7.51. The fraction of sp³-hybridized carbons (Fsp3) is 0.310. The van der Waals surface area contributed by atoms with Gasteiger partial charge in [0, 0.05) is 37.1 Å². The maximum absolute atomic E-state index is 12.6. The van der Waals surface area contributed by atoms with E-state index in [4.69, 9.17) is 0 Å². The lowest BCUT2D eigenvalue weighted by Gasteiger charge is -2.32. The Morgan fingerprint density at radius 2 is 1.92 bits per heavy atom. The molecule has 2 aliphatic heterocycles. The number of carbonyl (C=O) groups is 2. The number of aryl methyl sites for hydroxylation is 1. The number of nitriles is 1. The molecule has 2 aliphatic rings. The highest BCUT2D eigenvalue weighted by Crippen LogP contribution is 2.31. The number of rotatable bonds is 7. The topological polar surface area (TPSA) is 77.3 Å². The van der Waals surface area contributed by atoms with Crippen LogP contribution in [0.5, 0.6) is 0 Å². The van der Waals surface area contributed by atoms with Gasteiger partial charge >= 0.3 is 0 Å². The van der Waals surface area contributed by atoms with Crippen molar-refractivity contribution in [2.24, 2.45) is 5.92 Å². The fourth-order valence-corrected chi connectivity index (χ4v) is 5.76. The van der Waals surface area contributed by atoms with Crippen LogP contribution in [0.1, 0.15) is 62.8 Å². The number of hydrogen-bond acceptors (Lipinski definition) is 6. The van der Waals surface area contributed by atoms with E-state index in [2.05, 4.69) is 48.0 Å². The lowest BCUT2D eigenvalue weighted by Crippen LogP contribution is -2.32. The van der Waals surface area contributed by atoms with Crippen molar-refractivity contribution in [1.29, 1.82) is 5.26 Å². The zero-order valence-corrected chi connectivity index (χ0v) is 21.3. The van der Waals surface area contributed by atoms with Crippen LogP contribution in [0.3, 0.4) is 0 Å². The molecule has 0 aliphatic carbocycles. The number of anilines is 1. The van der Waals surface area contributed by atoms with Crippen LogP contribution in [-0.4, -0.2) is 41.3 Å². The summed E-state index contributed by atoms with van der Waals surface area (Å²) in [4.78, 5) is 33.6. The van der Waals surface area contributed by atoms with E-state index >= 15 is 0 Å². The summed E-state index contributed by atoms with van der Waals surface area (Å²) in [6.07, 6.45) is 4.54. The van der Waals surface area contributed by atoms with Crippen LogP contribution in [0.2, 0.25) is 0 Å². The number of amides is 2. The second-order valence-corrected chi connectivity index (χ2v) is 10.6. The summed E-state index contributed by atoms with van der Waals surface area (Å²) in [6.45, 7) is 6.89. The largest absolute Gasteiger partial charge is 0.371 e. The van der Waals surface area contributed by atoms with Gasteiger partial charge in [0.25, 0.3) is 11.8 Å². The molecule has 1 aromatic heterocycles. The second kappa shape index (κ2) is 10.1. The molecule has 0 spiro atoms. The van der Waals surface area contributed by atoms with Gasteiger partial charge in [-0.05, 0) is 60.2 Å². The molecule has 0 unspecified atom stereocenters. The summed E-state index contributed by atoms with van der Waals surface area (Å²) in [5.41, 5.74) is 5.81. The molecule has 0 atom stereocenters. The SMILES string of the molecule is CC(C)CN1CCCc2cc(/C=C(\C#N)c3nc(CCN4C(=O)c5ccccc5C4=O)cs3)ccc21. The van der Waals surface area contributed by atoms with Crippen molar-refractivity contribution >= 4 is 40.5 Å². The number of thiazole rings is 1. The standard InChI is InChI=1S/C29H28N4O2S/c1-19(2)17-32-12-5-6-21-14-20(9-10-26(21)32)15-22(16-30)27-31-23(18-36-27)11-13-33-28(34)24-7-3-4-8-25(24)29(33)35/h3-4,7-10,14-15,18-19H,5-6,11-13,17H2,1-2H3/b22-15+. The highest BCUT2D eigenvalue weighted by Gasteiger charge is 2.34. The predicted octanol–water partition coefficient (Wildman–Crippen LogP) is 5.45. The van der Waals surface area contributed by atoms with Crippen molar-refractivity contribution < 1.29 is 9.59 Å². The summed E-state index contributed by atoms with van der Waals surface area (Å²) in [5, 5.41) is 12.4. The van der Waals surface area contributed by atoms with Gasteiger partial charge in [-0.15, -0.1) is 11.3 Å². The number of carbonyl (C=O) groups excluding carboxylic acids is 2.